The fourth-order valence-corrected chi connectivity index (χ4v) is 4.32. The number of imide groups is 1. The number of aryl methyl sites for hydroxylation is 1. The minimum absolute atomic E-state index is 0.0458. The van der Waals surface area contributed by atoms with Gasteiger partial charge >= 0.3 is 6.03 Å². The summed E-state index contributed by atoms with van der Waals surface area (Å²) in [6, 6.07) is 5.86. The molecule has 0 bridgehead atoms. The Bertz CT molecular complexity index is 887. The molecule has 142 valence electrons. The van der Waals surface area contributed by atoms with Crippen LogP contribution in [0.15, 0.2) is 24.3 Å². The average molecular weight is 387 g/mol. The number of rotatable bonds is 5. The van der Waals surface area contributed by atoms with Gasteiger partial charge in [0.25, 0.3) is 11.8 Å². The van der Waals surface area contributed by atoms with Crippen molar-refractivity contribution in [3.63, 3.8) is 0 Å². The summed E-state index contributed by atoms with van der Waals surface area (Å²) in [4.78, 5) is 37.1. The molecule has 27 heavy (non-hydrogen) atoms. The molecule has 1 aromatic heterocycles. The number of urea groups is 1. The van der Waals surface area contributed by atoms with Crippen LogP contribution in [-0.2, 0) is 12.8 Å². The maximum atomic E-state index is 12.6. The Kier molecular flexibility index (Phi) is 5.46. The van der Waals surface area contributed by atoms with Crippen LogP contribution >= 0.6 is 11.3 Å². The first-order valence-electron chi connectivity index (χ1n) is 8.68. The summed E-state index contributed by atoms with van der Waals surface area (Å²) in [5, 5.41) is 5.33. The highest BCUT2D eigenvalue weighted by molar-refractivity contribution is 7.17. The Hall–Kier alpha value is -2.87. The Balaban J connectivity index is 1.82. The summed E-state index contributed by atoms with van der Waals surface area (Å²) in [6.45, 7) is 3.85. The van der Waals surface area contributed by atoms with Crippen molar-refractivity contribution < 1.29 is 19.1 Å². The number of benzene rings is 1. The van der Waals surface area contributed by atoms with Crippen LogP contribution in [0.3, 0.4) is 0 Å². The van der Waals surface area contributed by atoms with E-state index in [1.165, 1.54) is 11.3 Å². The van der Waals surface area contributed by atoms with Crippen molar-refractivity contribution in [1.29, 1.82) is 0 Å². The SMILES string of the molecule is CC(C)Oc1ccc(C(=O)Nc2sc3c(c2C(=O)NC(N)=O)CCC3)cc1. The Morgan fingerprint density at radius 3 is 2.44 bits per heavy atom. The molecule has 3 rings (SSSR count). The van der Waals surface area contributed by atoms with E-state index in [1.54, 1.807) is 24.3 Å². The van der Waals surface area contributed by atoms with Gasteiger partial charge in [-0.25, -0.2) is 4.79 Å². The van der Waals surface area contributed by atoms with E-state index >= 15 is 0 Å². The van der Waals surface area contributed by atoms with Crippen molar-refractivity contribution in [1.82, 2.24) is 5.32 Å². The minimum Gasteiger partial charge on any atom is -0.491 e. The summed E-state index contributed by atoms with van der Waals surface area (Å²) in [5.41, 5.74) is 6.73. The molecule has 0 saturated carbocycles. The van der Waals surface area contributed by atoms with Crippen LogP contribution < -0.4 is 21.1 Å². The maximum Gasteiger partial charge on any atom is 0.319 e. The lowest BCUT2D eigenvalue weighted by atomic mass is 10.1. The lowest BCUT2D eigenvalue weighted by Gasteiger charge is -2.10. The number of thiophene rings is 1. The number of primary amides is 1. The number of nitrogens with one attached hydrogen (secondary N) is 2. The second kappa shape index (κ2) is 7.79. The van der Waals surface area contributed by atoms with E-state index in [1.807, 2.05) is 13.8 Å². The van der Waals surface area contributed by atoms with Gasteiger partial charge in [0.1, 0.15) is 10.8 Å². The van der Waals surface area contributed by atoms with Gasteiger partial charge < -0.3 is 15.8 Å². The molecule has 0 unspecified atom stereocenters. The monoisotopic (exact) mass is 387 g/mol. The van der Waals surface area contributed by atoms with Crippen LogP contribution in [0.1, 0.15) is 51.4 Å². The Labute approximate surface area is 160 Å². The highest BCUT2D eigenvalue weighted by atomic mass is 32.1. The number of hydrogen-bond donors (Lipinski definition) is 3. The molecule has 0 saturated heterocycles. The number of nitrogens with two attached hydrogens (primary N) is 1. The molecule has 7 nitrogen and oxygen atoms in total. The normalized spacial score (nSPS) is 12.6. The smallest absolute Gasteiger partial charge is 0.319 e. The second-order valence-electron chi connectivity index (χ2n) is 6.52. The summed E-state index contributed by atoms with van der Waals surface area (Å²) in [5.74, 6) is -0.241. The van der Waals surface area contributed by atoms with E-state index in [-0.39, 0.29) is 12.0 Å². The molecule has 1 aliphatic rings. The van der Waals surface area contributed by atoms with Crippen LogP contribution in [0.25, 0.3) is 0 Å². The van der Waals surface area contributed by atoms with Gasteiger partial charge in [0.2, 0.25) is 0 Å². The van der Waals surface area contributed by atoms with Crippen molar-refractivity contribution in [3.05, 3.63) is 45.8 Å². The molecule has 1 heterocycles. The fourth-order valence-electron chi connectivity index (χ4n) is 3.04. The number of ether oxygens (including phenoxy) is 1. The maximum absolute atomic E-state index is 12.6. The molecule has 0 aliphatic heterocycles. The third kappa shape index (κ3) is 4.28. The first kappa shape index (κ1) is 18.9. The van der Waals surface area contributed by atoms with Crippen LogP contribution in [0.5, 0.6) is 5.75 Å². The second-order valence-corrected chi connectivity index (χ2v) is 7.63. The quantitative estimate of drug-likeness (QED) is 0.732. The highest BCUT2D eigenvalue weighted by Gasteiger charge is 2.28. The topological polar surface area (TPSA) is 111 Å². The number of amides is 4. The molecular weight excluding hydrogens is 366 g/mol. The third-order valence-electron chi connectivity index (χ3n) is 4.10. The van der Waals surface area contributed by atoms with E-state index in [2.05, 4.69) is 10.6 Å². The summed E-state index contributed by atoms with van der Waals surface area (Å²) in [6.07, 6.45) is 2.59. The van der Waals surface area contributed by atoms with Crippen LogP contribution in [0.4, 0.5) is 9.80 Å². The van der Waals surface area contributed by atoms with Crippen molar-refractivity contribution in [2.24, 2.45) is 5.73 Å². The minimum atomic E-state index is -0.920. The van der Waals surface area contributed by atoms with Gasteiger partial charge in [0, 0.05) is 10.4 Å². The van der Waals surface area contributed by atoms with E-state index in [0.29, 0.717) is 21.9 Å². The lowest BCUT2D eigenvalue weighted by Crippen LogP contribution is -2.35. The number of fused-ring (bicyclic) bond motifs is 1. The zero-order valence-electron chi connectivity index (χ0n) is 15.1. The van der Waals surface area contributed by atoms with Gasteiger partial charge in [-0.05, 0) is 62.9 Å². The van der Waals surface area contributed by atoms with E-state index in [4.69, 9.17) is 10.5 Å². The van der Waals surface area contributed by atoms with Crippen LogP contribution in [0, 0.1) is 0 Å². The van der Waals surface area contributed by atoms with Gasteiger partial charge in [-0.3, -0.25) is 14.9 Å². The zero-order chi connectivity index (χ0) is 19.6. The van der Waals surface area contributed by atoms with Gasteiger partial charge in [-0.1, -0.05) is 0 Å². The zero-order valence-corrected chi connectivity index (χ0v) is 15.9. The molecule has 0 spiro atoms. The van der Waals surface area contributed by atoms with Gasteiger partial charge in [0.05, 0.1) is 11.7 Å². The Morgan fingerprint density at radius 1 is 1.11 bits per heavy atom. The lowest BCUT2D eigenvalue weighted by molar-refractivity contribution is 0.0966. The molecule has 1 aromatic carbocycles. The highest BCUT2D eigenvalue weighted by Crippen LogP contribution is 2.39. The number of anilines is 1. The molecule has 4 N–H and O–H groups in total. The van der Waals surface area contributed by atoms with Crippen molar-refractivity contribution in [3.8, 4) is 5.75 Å². The van der Waals surface area contributed by atoms with Crippen LogP contribution in [-0.4, -0.2) is 23.9 Å². The summed E-state index contributed by atoms with van der Waals surface area (Å²) in [7, 11) is 0. The van der Waals surface area contributed by atoms with Crippen LogP contribution in [0.2, 0.25) is 0 Å². The van der Waals surface area contributed by atoms with E-state index in [9.17, 15) is 14.4 Å². The molecular formula is C19H21N3O4S. The van der Waals surface area contributed by atoms with Gasteiger partial charge in [-0.15, -0.1) is 11.3 Å². The average Bonchev–Trinajstić information content (AvgIpc) is 3.14. The molecule has 1 aliphatic carbocycles. The predicted octanol–water partition coefficient (Wildman–Crippen LogP) is 3.08. The van der Waals surface area contributed by atoms with E-state index < -0.39 is 11.9 Å². The Morgan fingerprint density at radius 2 is 1.81 bits per heavy atom. The molecule has 2 aromatic rings. The van der Waals surface area contributed by atoms with E-state index in [0.717, 1.165) is 29.7 Å². The largest absolute Gasteiger partial charge is 0.491 e. The first-order valence-corrected chi connectivity index (χ1v) is 9.50. The van der Waals surface area contributed by atoms with Gasteiger partial charge in [0.15, 0.2) is 0 Å². The molecule has 0 atom stereocenters. The fraction of sp³-hybridized carbons (Fsp3) is 0.316. The van der Waals surface area contributed by atoms with Crippen molar-refractivity contribution in [2.75, 3.05) is 5.32 Å². The van der Waals surface area contributed by atoms with Gasteiger partial charge in [-0.2, -0.15) is 0 Å². The number of carbonyl (C=O) groups is 3. The number of hydrogen-bond acceptors (Lipinski definition) is 5. The molecule has 8 heteroatoms. The third-order valence-corrected chi connectivity index (χ3v) is 5.31. The number of carbonyl (C=O) groups excluding carboxylic acids is 3. The van der Waals surface area contributed by atoms with Crippen molar-refractivity contribution >= 4 is 34.2 Å². The predicted molar refractivity (Wildman–Crippen MR) is 104 cm³/mol. The molecule has 0 fully saturated rings. The molecule has 0 radical (unpaired) electrons. The summed E-state index contributed by atoms with van der Waals surface area (Å²) < 4.78 is 5.57. The molecule has 4 amide bonds. The standard InChI is InChI=1S/C19H21N3O4S/c1-10(2)26-12-8-6-11(7-9-12)16(23)21-18-15(17(24)22-19(20)25)13-4-3-5-14(13)27-18/h6-10H,3-5H2,1-2H3,(H,21,23)(H3,20,22,24,25). The summed E-state index contributed by atoms with van der Waals surface area (Å²) >= 11 is 1.37. The first-order chi connectivity index (χ1) is 12.8. The van der Waals surface area contributed by atoms with Crippen molar-refractivity contribution in [2.45, 2.75) is 39.2 Å².